The van der Waals surface area contributed by atoms with Gasteiger partial charge < -0.3 is 0 Å². The van der Waals surface area contributed by atoms with E-state index in [2.05, 4.69) is 7.54 Å². The van der Waals surface area contributed by atoms with Crippen molar-refractivity contribution < 1.29 is 48.0 Å². The number of urea groups is 1. The van der Waals surface area contributed by atoms with Gasteiger partial charge >= 0.3 is 37.1 Å². The lowest BCUT2D eigenvalue weighted by Crippen LogP contribution is -2.73. The van der Waals surface area contributed by atoms with Gasteiger partial charge in [0, 0.05) is 0 Å². The Balaban J connectivity index is 4.34. The molecule has 29 heavy (non-hydrogen) atoms. The van der Waals surface area contributed by atoms with Crippen LogP contribution in [0.25, 0.3) is 0 Å². The van der Waals surface area contributed by atoms with Gasteiger partial charge in [-0.25, -0.2) is 13.4 Å². The van der Waals surface area contributed by atoms with Crippen LogP contribution in [0, 0.1) is 0 Å². The van der Waals surface area contributed by atoms with Gasteiger partial charge in [-0.3, -0.25) is 0 Å². The van der Waals surface area contributed by atoms with Crippen LogP contribution < -0.4 is 0 Å². The maximum atomic E-state index is 12.9. The van der Waals surface area contributed by atoms with E-state index in [0.29, 0.717) is 0 Å². The van der Waals surface area contributed by atoms with Crippen molar-refractivity contribution in [3.05, 3.63) is 0 Å². The van der Waals surface area contributed by atoms with Crippen LogP contribution in [0.3, 0.4) is 0 Å². The van der Waals surface area contributed by atoms with E-state index in [1.54, 1.807) is 0 Å². The zero-order valence-electron chi connectivity index (χ0n) is 15.8. The third-order valence-corrected chi connectivity index (χ3v) is 9.76. The fourth-order valence-corrected chi connectivity index (χ4v) is 8.45. The molecule has 1 heterocycles. The predicted octanol–water partition coefficient (Wildman–Crippen LogP) is 3.37. The maximum Gasteiger partial charge on any atom is 0.519 e. The number of sulfonamides is 2. The molecule has 0 unspecified atom stereocenters. The number of rotatable bonds is 2. The molecule has 1 saturated heterocycles. The van der Waals surface area contributed by atoms with Gasteiger partial charge in [0.05, 0.1) is 11.1 Å². The molecule has 0 aromatic carbocycles. The molecule has 1 aliphatic heterocycles. The minimum Gasteiger partial charge on any atom is -0.246 e. The number of nitrogens with zero attached hydrogens (tertiary/aromatic N) is 4. The fourth-order valence-electron chi connectivity index (χ4n) is 2.14. The molecule has 1 fully saturated rings. The second kappa shape index (κ2) is 6.60. The first kappa shape index (κ1) is 25.7. The molecular formula is C11H18F6N4O5S3. The van der Waals surface area contributed by atoms with Crippen molar-refractivity contribution in [1.29, 1.82) is 0 Å². The number of carbonyl (C=O) groups excluding carboxylic acids is 1. The van der Waals surface area contributed by atoms with Crippen molar-refractivity contribution in [3.8, 4) is 0 Å². The fraction of sp³-hybridized carbons (Fsp3) is 0.909. The number of hydrogen-bond donors (Lipinski definition) is 0. The van der Waals surface area contributed by atoms with Crippen molar-refractivity contribution in [2.45, 2.75) is 63.6 Å². The first-order chi connectivity index (χ1) is 12.3. The molecule has 1 rings (SSSR count). The van der Waals surface area contributed by atoms with E-state index >= 15 is 0 Å². The summed E-state index contributed by atoms with van der Waals surface area (Å²) in [7, 11) is -18.0. The van der Waals surface area contributed by atoms with Gasteiger partial charge in [-0.15, -0.1) is 0 Å². The Labute approximate surface area is 164 Å². The first-order valence-electron chi connectivity index (χ1n) is 7.40. The van der Waals surface area contributed by atoms with Gasteiger partial charge in [-0.1, -0.05) is 7.54 Å². The van der Waals surface area contributed by atoms with Gasteiger partial charge in [0.15, 0.2) is 9.99 Å². The highest BCUT2D eigenvalue weighted by Crippen LogP contribution is 2.44. The summed E-state index contributed by atoms with van der Waals surface area (Å²) in [6.45, 7) is 6.82. The number of hydrogen-bond acceptors (Lipinski definition) is 5. The highest BCUT2D eigenvalue weighted by Gasteiger charge is 2.61. The third-order valence-electron chi connectivity index (χ3n) is 3.04. The van der Waals surface area contributed by atoms with Gasteiger partial charge in [-0.2, -0.15) is 43.2 Å². The quantitative estimate of drug-likeness (QED) is 0.544. The number of alkyl halides is 6. The van der Waals surface area contributed by atoms with E-state index in [-0.39, 0.29) is 8.61 Å². The summed E-state index contributed by atoms with van der Waals surface area (Å²) in [6, 6.07) is -1.23. The Hall–Kier alpha value is -1.30. The molecule has 0 aliphatic carbocycles. The van der Waals surface area contributed by atoms with E-state index in [9.17, 15) is 48.0 Å². The largest absolute Gasteiger partial charge is 0.519 e. The Morgan fingerprint density at radius 3 is 1.10 bits per heavy atom. The van der Waals surface area contributed by atoms with Crippen LogP contribution in [0.1, 0.15) is 41.5 Å². The standard InChI is InChI=1S/C11H18F6N4O5S3/c1-8(2,3)20-7(22)21(9(4,5)6)29(20,18-27(23,24)10(12,13)14)19-28(25,26)11(15,16)17/h1-6H3. The average molecular weight is 496 g/mol. The maximum absolute atomic E-state index is 12.9. The number of amides is 2. The lowest BCUT2D eigenvalue weighted by molar-refractivity contribution is -0.0439. The molecule has 0 bridgehead atoms. The molecule has 9 nitrogen and oxygen atoms in total. The van der Waals surface area contributed by atoms with Crippen LogP contribution in [0.15, 0.2) is 7.54 Å². The van der Waals surface area contributed by atoms with Crippen molar-refractivity contribution in [3.63, 3.8) is 0 Å². The van der Waals surface area contributed by atoms with Crippen LogP contribution in [0.4, 0.5) is 31.1 Å². The smallest absolute Gasteiger partial charge is 0.246 e. The molecule has 0 radical (unpaired) electrons. The molecule has 0 aromatic rings. The molecule has 0 N–H and O–H groups in total. The second-order valence-electron chi connectivity index (χ2n) is 7.69. The van der Waals surface area contributed by atoms with Crippen molar-refractivity contribution >= 4 is 36.1 Å². The molecule has 172 valence electrons. The average Bonchev–Trinajstić information content (AvgIpc) is 2.29. The third kappa shape index (κ3) is 4.42. The molecule has 0 spiro atoms. The summed E-state index contributed by atoms with van der Waals surface area (Å²) in [5.74, 6) is 0. The summed E-state index contributed by atoms with van der Waals surface area (Å²) >= 11 is 0. The van der Waals surface area contributed by atoms with Gasteiger partial charge in [0.1, 0.15) is 0 Å². The molecule has 0 atom stereocenters. The molecule has 2 amide bonds. The number of halogens is 6. The van der Waals surface area contributed by atoms with Gasteiger partial charge in [0.2, 0.25) is 0 Å². The zero-order valence-corrected chi connectivity index (χ0v) is 18.3. The van der Waals surface area contributed by atoms with Crippen LogP contribution in [0.5, 0.6) is 0 Å². The summed E-state index contributed by atoms with van der Waals surface area (Å²) in [6.07, 6.45) is 0. The van der Waals surface area contributed by atoms with E-state index < -0.39 is 58.2 Å². The molecular weight excluding hydrogens is 478 g/mol. The minimum absolute atomic E-state index is 0.206. The zero-order chi connectivity index (χ0) is 23.6. The van der Waals surface area contributed by atoms with E-state index in [1.165, 1.54) is 0 Å². The van der Waals surface area contributed by atoms with E-state index in [0.717, 1.165) is 41.5 Å². The summed E-state index contributed by atoms with van der Waals surface area (Å²) in [5.41, 5.74) is -15.4. The minimum atomic E-state index is -6.54. The van der Waals surface area contributed by atoms with Crippen LogP contribution >= 0.6 is 0 Å². The van der Waals surface area contributed by atoms with Crippen LogP contribution in [0.2, 0.25) is 0 Å². The second-order valence-corrected chi connectivity index (χ2v) is 13.4. The van der Waals surface area contributed by atoms with Crippen LogP contribution in [-0.2, 0) is 30.0 Å². The van der Waals surface area contributed by atoms with Crippen molar-refractivity contribution in [2.24, 2.45) is 7.54 Å². The Bertz CT molecular complexity index is 953. The Morgan fingerprint density at radius 2 is 0.931 bits per heavy atom. The Kier molecular flexibility index (Phi) is 5.86. The van der Waals surface area contributed by atoms with Crippen molar-refractivity contribution in [2.75, 3.05) is 0 Å². The molecule has 0 aromatic heterocycles. The molecule has 1 aliphatic rings. The predicted molar refractivity (Wildman–Crippen MR) is 90.8 cm³/mol. The van der Waals surface area contributed by atoms with Gasteiger partial charge in [0.25, 0.3) is 0 Å². The van der Waals surface area contributed by atoms with Crippen LogP contribution in [-0.4, -0.2) is 53.6 Å². The molecule has 18 heteroatoms. The topological polar surface area (TPSA) is 117 Å². The lowest BCUT2D eigenvalue weighted by Gasteiger charge is -2.57. The van der Waals surface area contributed by atoms with E-state index in [4.69, 9.17) is 0 Å². The summed E-state index contributed by atoms with van der Waals surface area (Å²) in [5, 5.41) is 0. The SMILES string of the molecule is CC(C)(C)N1C(=O)N(C(C)(C)C)S1(=NS(=O)(=O)C(F)(F)F)=NS(=O)(=O)C(F)(F)F. The summed E-state index contributed by atoms with van der Waals surface area (Å²) in [4.78, 5) is 12.5. The van der Waals surface area contributed by atoms with Crippen molar-refractivity contribution in [1.82, 2.24) is 8.61 Å². The lowest BCUT2D eigenvalue weighted by atomic mass is 10.1. The number of carbonyl (C=O) groups is 1. The monoisotopic (exact) mass is 496 g/mol. The highest BCUT2D eigenvalue weighted by molar-refractivity contribution is 8.08. The first-order valence-corrected chi connectivity index (χ1v) is 11.7. The Morgan fingerprint density at radius 1 is 0.690 bits per heavy atom. The summed E-state index contributed by atoms with van der Waals surface area (Å²) < 4.78 is 130. The molecule has 0 saturated carbocycles. The van der Waals surface area contributed by atoms with Gasteiger partial charge in [-0.05, 0) is 41.5 Å². The normalized spacial score (nSPS) is 19.1. The highest BCUT2D eigenvalue weighted by atomic mass is 32.3. The van der Waals surface area contributed by atoms with E-state index in [1.807, 2.05) is 0 Å².